The van der Waals surface area contributed by atoms with Crippen molar-refractivity contribution in [2.45, 2.75) is 38.8 Å². The summed E-state index contributed by atoms with van der Waals surface area (Å²) in [7, 11) is 0. The first-order valence-corrected chi connectivity index (χ1v) is 9.76. The van der Waals surface area contributed by atoms with E-state index in [0.29, 0.717) is 17.2 Å². The maximum Gasteiger partial charge on any atom is 0.270 e. The molecule has 1 spiro atoms. The number of hydrogen-bond donors (Lipinski definition) is 1. The summed E-state index contributed by atoms with van der Waals surface area (Å²) in [5.74, 6) is -0.0266. The summed E-state index contributed by atoms with van der Waals surface area (Å²) in [5.41, 5.74) is 5.76. The van der Waals surface area contributed by atoms with Crippen LogP contribution in [0.1, 0.15) is 40.3 Å². The molecule has 3 heterocycles. The van der Waals surface area contributed by atoms with Crippen LogP contribution < -0.4 is 5.32 Å². The molecule has 0 unspecified atom stereocenters. The molecule has 23 heavy (non-hydrogen) atoms. The highest BCUT2D eigenvalue weighted by Crippen LogP contribution is 2.48. The van der Waals surface area contributed by atoms with Crippen molar-refractivity contribution in [2.75, 3.05) is 13.1 Å². The fraction of sp³-hybridized carbons (Fsp3) is 0.562. The molecule has 2 aliphatic rings. The van der Waals surface area contributed by atoms with Crippen LogP contribution in [0.5, 0.6) is 0 Å². The fourth-order valence-electron chi connectivity index (χ4n) is 3.85. The van der Waals surface area contributed by atoms with Gasteiger partial charge in [0.15, 0.2) is 0 Å². The SMILES string of the molecule is Cc1ncsc1CN1CCC2(CC(NC(=O)c3cscn3)C2)C1. The van der Waals surface area contributed by atoms with Crippen LogP contribution in [0.2, 0.25) is 0 Å². The van der Waals surface area contributed by atoms with Crippen molar-refractivity contribution in [3.8, 4) is 0 Å². The van der Waals surface area contributed by atoms with Crippen molar-refractivity contribution in [2.24, 2.45) is 5.41 Å². The van der Waals surface area contributed by atoms with Gasteiger partial charge in [0, 0.05) is 29.4 Å². The molecule has 0 aromatic carbocycles. The van der Waals surface area contributed by atoms with E-state index < -0.39 is 0 Å². The van der Waals surface area contributed by atoms with Crippen LogP contribution in [0.3, 0.4) is 0 Å². The van der Waals surface area contributed by atoms with Crippen LogP contribution in [0, 0.1) is 12.3 Å². The number of carbonyl (C=O) groups is 1. The van der Waals surface area contributed by atoms with Gasteiger partial charge in [-0.2, -0.15) is 0 Å². The normalized spacial score (nSPS) is 27.3. The second-order valence-electron chi connectivity index (χ2n) is 6.77. The number of nitrogens with one attached hydrogen (secondary N) is 1. The quantitative estimate of drug-likeness (QED) is 0.923. The number of aryl methyl sites for hydroxylation is 1. The van der Waals surface area contributed by atoms with E-state index in [1.807, 2.05) is 5.51 Å². The molecule has 1 saturated heterocycles. The average Bonchev–Trinajstić information content (AvgIpc) is 3.21. The van der Waals surface area contributed by atoms with E-state index in [1.165, 1.54) is 22.6 Å². The van der Waals surface area contributed by atoms with E-state index in [4.69, 9.17) is 0 Å². The van der Waals surface area contributed by atoms with Gasteiger partial charge in [-0.25, -0.2) is 9.97 Å². The Hall–Kier alpha value is -1.31. The Morgan fingerprint density at radius 1 is 1.43 bits per heavy atom. The Bertz CT molecular complexity index is 691. The standard InChI is InChI=1S/C16H20N4OS2/c1-11-14(23-10-17-11)6-20-3-2-16(8-20)4-12(5-16)19-15(21)13-7-22-9-18-13/h7,9-10,12H,2-6,8H2,1H3,(H,19,21). The van der Waals surface area contributed by atoms with Crippen LogP contribution in [0.25, 0.3) is 0 Å². The molecule has 5 nitrogen and oxygen atoms in total. The van der Waals surface area contributed by atoms with E-state index in [9.17, 15) is 4.79 Å². The van der Waals surface area contributed by atoms with Gasteiger partial charge in [0.1, 0.15) is 5.69 Å². The zero-order valence-corrected chi connectivity index (χ0v) is 14.8. The maximum atomic E-state index is 12.0. The van der Waals surface area contributed by atoms with Gasteiger partial charge >= 0.3 is 0 Å². The van der Waals surface area contributed by atoms with Crippen LogP contribution in [0.4, 0.5) is 0 Å². The summed E-state index contributed by atoms with van der Waals surface area (Å²) in [6.45, 7) is 5.41. The molecule has 1 aliphatic heterocycles. The molecule has 1 aliphatic carbocycles. The highest BCUT2D eigenvalue weighted by molar-refractivity contribution is 7.09. The third-order valence-corrected chi connectivity index (χ3v) is 6.59. The molecule has 122 valence electrons. The van der Waals surface area contributed by atoms with Crippen molar-refractivity contribution in [1.29, 1.82) is 0 Å². The summed E-state index contributed by atoms with van der Waals surface area (Å²) in [6.07, 6.45) is 3.44. The lowest BCUT2D eigenvalue weighted by atomic mass is 9.65. The van der Waals surface area contributed by atoms with E-state index in [0.717, 1.165) is 38.2 Å². The third-order valence-electron chi connectivity index (χ3n) is 5.09. The topological polar surface area (TPSA) is 58.1 Å². The number of amides is 1. The predicted octanol–water partition coefficient (Wildman–Crippen LogP) is 2.69. The summed E-state index contributed by atoms with van der Waals surface area (Å²) < 4.78 is 0. The average molecular weight is 348 g/mol. The molecule has 2 fully saturated rings. The second kappa shape index (κ2) is 5.96. The lowest BCUT2D eigenvalue weighted by molar-refractivity contribution is 0.0691. The summed E-state index contributed by atoms with van der Waals surface area (Å²) in [5, 5.41) is 4.92. The number of rotatable bonds is 4. The minimum atomic E-state index is -0.0266. The molecular formula is C16H20N4OS2. The number of thiazole rings is 2. The van der Waals surface area contributed by atoms with Crippen LogP contribution in [-0.2, 0) is 6.54 Å². The largest absolute Gasteiger partial charge is 0.348 e. The van der Waals surface area contributed by atoms with Crippen molar-refractivity contribution < 1.29 is 4.79 Å². The zero-order chi connectivity index (χ0) is 15.9. The molecule has 1 saturated carbocycles. The maximum absolute atomic E-state index is 12.0. The fourth-order valence-corrected chi connectivity index (χ4v) is 5.20. The van der Waals surface area contributed by atoms with Gasteiger partial charge in [0.05, 0.1) is 16.7 Å². The summed E-state index contributed by atoms with van der Waals surface area (Å²) in [4.78, 5) is 24.4. The number of hydrogen-bond acceptors (Lipinski definition) is 6. The molecule has 0 radical (unpaired) electrons. The third kappa shape index (κ3) is 3.05. The molecule has 0 bridgehead atoms. The Morgan fingerprint density at radius 3 is 3.00 bits per heavy atom. The van der Waals surface area contributed by atoms with Gasteiger partial charge in [0.25, 0.3) is 5.91 Å². The van der Waals surface area contributed by atoms with Gasteiger partial charge in [-0.1, -0.05) is 0 Å². The van der Waals surface area contributed by atoms with Crippen molar-refractivity contribution in [3.63, 3.8) is 0 Å². The van der Waals surface area contributed by atoms with Crippen molar-refractivity contribution in [3.05, 3.63) is 32.7 Å². The molecule has 1 amide bonds. The first-order valence-electron chi connectivity index (χ1n) is 7.94. The second-order valence-corrected chi connectivity index (χ2v) is 8.43. The summed E-state index contributed by atoms with van der Waals surface area (Å²) >= 11 is 3.21. The molecule has 7 heteroatoms. The smallest absolute Gasteiger partial charge is 0.270 e. The minimum absolute atomic E-state index is 0.0266. The van der Waals surface area contributed by atoms with E-state index in [-0.39, 0.29) is 5.91 Å². The Labute approximate surface area is 143 Å². The Morgan fingerprint density at radius 2 is 2.30 bits per heavy atom. The molecular weight excluding hydrogens is 328 g/mol. The van der Waals surface area contributed by atoms with Crippen LogP contribution in [-0.4, -0.2) is 39.9 Å². The van der Waals surface area contributed by atoms with E-state index in [2.05, 4.69) is 27.1 Å². The first-order chi connectivity index (χ1) is 11.1. The Kier molecular flexibility index (Phi) is 3.95. The van der Waals surface area contributed by atoms with Crippen LogP contribution >= 0.6 is 22.7 Å². The predicted molar refractivity (Wildman–Crippen MR) is 91.8 cm³/mol. The molecule has 0 atom stereocenters. The number of likely N-dealkylation sites (tertiary alicyclic amines) is 1. The van der Waals surface area contributed by atoms with E-state index >= 15 is 0 Å². The molecule has 2 aromatic heterocycles. The first kappa shape index (κ1) is 15.2. The zero-order valence-electron chi connectivity index (χ0n) is 13.1. The molecule has 4 rings (SSSR count). The summed E-state index contributed by atoms with van der Waals surface area (Å²) in [6, 6.07) is 0.314. The Balaban J connectivity index is 1.28. The van der Waals surface area contributed by atoms with Crippen molar-refractivity contribution >= 4 is 28.6 Å². The number of nitrogens with zero attached hydrogens (tertiary/aromatic N) is 3. The van der Waals surface area contributed by atoms with Crippen LogP contribution in [0.15, 0.2) is 16.4 Å². The highest BCUT2D eigenvalue weighted by Gasteiger charge is 2.48. The van der Waals surface area contributed by atoms with Gasteiger partial charge in [0.2, 0.25) is 0 Å². The van der Waals surface area contributed by atoms with E-state index in [1.54, 1.807) is 22.2 Å². The van der Waals surface area contributed by atoms with Gasteiger partial charge in [-0.15, -0.1) is 22.7 Å². The number of carbonyl (C=O) groups excluding carboxylic acids is 1. The lowest BCUT2D eigenvalue weighted by Gasteiger charge is -2.45. The number of aromatic nitrogens is 2. The van der Waals surface area contributed by atoms with Gasteiger partial charge in [-0.05, 0) is 38.1 Å². The van der Waals surface area contributed by atoms with Gasteiger partial charge in [-0.3, -0.25) is 9.69 Å². The monoisotopic (exact) mass is 348 g/mol. The van der Waals surface area contributed by atoms with Gasteiger partial charge < -0.3 is 5.32 Å². The molecule has 2 aromatic rings. The minimum Gasteiger partial charge on any atom is -0.348 e. The molecule has 1 N–H and O–H groups in total. The highest BCUT2D eigenvalue weighted by atomic mass is 32.1. The lowest BCUT2D eigenvalue weighted by Crippen LogP contribution is -2.51. The van der Waals surface area contributed by atoms with Crippen molar-refractivity contribution in [1.82, 2.24) is 20.2 Å².